The topological polar surface area (TPSA) is 54.0 Å². The van der Waals surface area contributed by atoms with E-state index in [2.05, 4.69) is 17.6 Å². The van der Waals surface area contributed by atoms with Crippen LogP contribution in [0.4, 0.5) is 0 Å². The highest BCUT2D eigenvalue weighted by Gasteiger charge is 2.35. The normalized spacial score (nSPS) is 29.9. The Morgan fingerprint density at radius 3 is 2.57 bits per heavy atom. The lowest BCUT2D eigenvalue weighted by Crippen LogP contribution is -2.46. The fourth-order valence-corrected chi connectivity index (χ4v) is 6.96. The van der Waals surface area contributed by atoms with Gasteiger partial charge < -0.3 is 10.6 Å². The molecule has 2 N–H and O–H groups in total. The Hall–Kier alpha value is -2.17. The molecule has 186 valence electrons. The summed E-state index contributed by atoms with van der Waals surface area (Å²) in [6, 6.07) is 9.02. The molecule has 2 aliphatic heterocycles. The van der Waals surface area contributed by atoms with Crippen molar-refractivity contribution >= 4 is 28.7 Å². The molecular weight excluding hydrogens is 452 g/mol. The van der Waals surface area contributed by atoms with Crippen LogP contribution in [0.5, 0.6) is 0 Å². The van der Waals surface area contributed by atoms with Gasteiger partial charge in [0.1, 0.15) is 0 Å². The van der Waals surface area contributed by atoms with E-state index in [0.717, 1.165) is 59.0 Å². The van der Waals surface area contributed by atoms with Crippen molar-refractivity contribution in [3.8, 4) is 0 Å². The van der Waals surface area contributed by atoms with Gasteiger partial charge in [0.05, 0.1) is 17.5 Å². The number of likely N-dealkylation sites (tertiary alicyclic amines) is 1. The van der Waals surface area contributed by atoms with Crippen LogP contribution >= 0.6 is 11.6 Å². The number of fused-ring (bicyclic) bond motifs is 1. The Morgan fingerprint density at radius 1 is 1.06 bits per heavy atom. The molecule has 1 saturated heterocycles. The molecule has 2 saturated carbocycles. The van der Waals surface area contributed by atoms with Gasteiger partial charge >= 0.3 is 0 Å². The zero-order valence-corrected chi connectivity index (χ0v) is 21.6. The van der Waals surface area contributed by atoms with Crippen molar-refractivity contribution in [2.45, 2.75) is 76.3 Å². The third-order valence-electron chi connectivity index (χ3n) is 8.67. The number of hydrogen-bond donors (Lipinski definition) is 1. The molecule has 3 unspecified atom stereocenters. The van der Waals surface area contributed by atoms with Crippen LogP contribution in [0, 0.1) is 11.8 Å². The van der Waals surface area contributed by atoms with E-state index >= 15 is 0 Å². The molecule has 3 atom stereocenters. The molecule has 5 heteroatoms. The lowest BCUT2D eigenvalue weighted by Gasteiger charge is -2.45. The molecule has 1 aromatic carbocycles. The number of hydrogen-bond acceptors (Lipinski definition) is 4. The largest absolute Gasteiger partial charge is 0.404 e. The summed E-state index contributed by atoms with van der Waals surface area (Å²) in [5.41, 5.74) is 10.5. The van der Waals surface area contributed by atoms with Gasteiger partial charge in [0.25, 0.3) is 0 Å². The van der Waals surface area contributed by atoms with Crippen LogP contribution < -0.4 is 5.73 Å². The molecule has 2 heterocycles. The number of benzene rings is 1. The van der Waals surface area contributed by atoms with Crippen LogP contribution in [0.1, 0.15) is 69.8 Å². The zero-order valence-electron chi connectivity index (χ0n) is 20.8. The predicted molar refractivity (Wildman–Crippen MR) is 149 cm³/mol. The molecule has 5 rings (SSSR count). The second kappa shape index (κ2) is 11.3. The Kier molecular flexibility index (Phi) is 7.89. The van der Waals surface area contributed by atoms with Crippen molar-refractivity contribution in [2.24, 2.45) is 27.6 Å². The number of allylic oxidation sites excluding steroid dienone is 3. The highest BCUT2D eigenvalue weighted by Crippen LogP contribution is 2.42. The second-order valence-corrected chi connectivity index (χ2v) is 11.1. The van der Waals surface area contributed by atoms with Crippen molar-refractivity contribution < 1.29 is 0 Å². The van der Waals surface area contributed by atoms with Gasteiger partial charge in [-0.1, -0.05) is 68.1 Å². The van der Waals surface area contributed by atoms with E-state index in [9.17, 15) is 0 Å². The van der Waals surface area contributed by atoms with E-state index in [-0.39, 0.29) is 0 Å². The summed E-state index contributed by atoms with van der Waals surface area (Å²) in [5, 5.41) is 0.695. The van der Waals surface area contributed by atoms with Crippen LogP contribution in [-0.2, 0) is 0 Å². The lowest BCUT2D eigenvalue weighted by molar-refractivity contribution is 0.0596. The molecule has 4 aliphatic rings. The highest BCUT2D eigenvalue weighted by molar-refractivity contribution is 6.33. The van der Waals surface area contributed by atoms with Gasteiger partial charge in [-0.15, -0.1) is 0 Å². The van der Waals surface area contributed by atoms with Crippen LogP contribution in [0.2, 0.25) is 5.02 Å². The monoisotopic (exact) mass is 490 g/mol. The van der Waals surface area contributed by atoms with Gasteiger partial charge in [-0.25, -0.2) is 0 Å². The second-order valence-electron chi connectivity index (χ2n) is 10.7. The van der Waals surface area contributed by atoms with Gasteiger partial charge in [-0.05, 0) is 56.1 Å². The molecule has 0 spiro atoms. The van der Waals surface area contributed by atoms with Crippen molar-refractivity contribution in [3.63, 3.8) is 0 Å². The first-order valence-electron chi connectivity index (χ1n) is 13.5. The van der Waals surface area contributed by atoms with Gasteiger partial charge in [0.15, 0.2) is 0 Å². The Bertz CT molecular complexity index is 1040. The van der Waals surface area contributed by atoms with Crippen LogP contribution in [-0.4, -0.2) is 41.5 Å². The van der Waals surface area contributed by atoms with Gasteiger partial charge in [0.2, 0.25) is 0 Å². The maximum absolute atomic E-state index is 6.51. The van der Waals surface area contributed by atoms with Crippen LogP contribution in [0.3, 0.4) is 0 Å². The number of halogens is 1. The fourth-order valence-electron chi connectivity index (χ4n) is 6.73. The lowest BCUT2D eigenvalue weighted by atomic mass is 9.69. The zero-order chi connectivity index (χ0) is 24.2. The first kappa shape index (κ1) is 24.5. The summed E-state index contributed by atoms with van der Waals surface area (Å²) < 4.78 is 0. The molecule has 0 radical (unpaired) electrons. The van der Waals surface area contributed by atoms with E-state index < -0.39 is 0 Å². The Labute approximate surface area is 215 Å². The molecule has 1 aromatic rings. The van der Waals surface area contributed by atoms with Crippen molar-refractivity contribution in [1.29, 1.82) is 0 Å². The molecule has 3 fully saturated rings. The van der Waals surface area contributed by atoms with Gasteiger partial charge in [-0.2, -0.15) is 0 Å². The summed E-state index contributed by atoms with van der Waals surface area (Å²) in [6.07, 6.45) is 18.6. The van der Waals surface area contributed by atoms with Crippen molar-refractivity contribution in [3.05, 3.63) is 65.4 Å². The molecule has 2 aliphatic carbocycles. The number of rotatable bonds is 5. The average molecular weight is 491 g/mol. The van der Waals surface area contributed by atoms with Crippen LogP contribution in [0.15, 0.2) is 64.8 Å². The fraction of sp³-hybridized carbons (Fsp3) is 0.533. The van der Waals surface area contributed by atoms with E-state index in [4.69, 9.17) is 27.3 Å². The van der Waals surface area contributed by atoms with Gasteiger partial charge in [-0.3, -0.25) is 9.98 Å². The Morgan fingerprint density at radius 2 is 1.83 bits per heavy atom. The number of piperidine rings is 1. The SMILES string of the molecule is C=CC(=CN)C1=NC(c2ccccc2Cl)=CC(=NC2CCN(C3CCC4CCCCC4C3)CC2)C1. The first-order chi connectivity index (χ1) is 17.1. The summed E-state index contributed by atoms with van der Waals surface area (Å²) in [6.45, 7) is 6.27. The first-order valence-corrected chi connectivity index (χ1v) is 13.9. The molecular formula is C30H39ClN4. The molecule has 0 bridgehead atoms. The summed E-state index contributed by atoms with van der Waals surface area (Å²) in [4.78, 5) is 12.9. The molecule has 0 aromatic heterocycles. The minimum Gasteiger partial charge on any atom is -0.404 e. The van der Waals surface area contributed by atoms with Crippen molar-refractivity contribution in [1.82, 2.24) is 4.90 Å². The van der Waals surface area contributed by atoms with Gasteiger partial charge in [0, 0.05) is 53.6 Å². The molecule has 0 amide bonds. The Balaban J connectivity index is 1.28. The van der Waals surface area contributed by atoms with E-state index in [0.29, 0.717) is 17.5 Å². The third-order valence-corrected chi connectivity index (χ3v) is 9.00. The highest BCUT2D eigenvalue weighted by atomic mass is 35.5. The quantitative estimate of drug-likeness (QED) is 0.460. The number of nitrogens with two attached hydrogens (primary N) is 1. The van der Waals surface area contributed by atoms with Crippen molar-refractivity contribution in [2.75, 3.05) is 13.1 Å². The minimum atomic E-state index is 0.365. The standard InChI is InChI=1S/C30H39ClN4/c1-2-21(20-32)29-18-25(19-30(34-29)27-9-5-6-10-28(27)31)33-24-13-15-35(16-14-24)26-12-11-22-7-3-4-8-23(22)17-26/h2,5-6,9-10,19-20,22-24,26H,1,3-4,7-8,11-18,32H2. The smallest absolute Gasteiger partial charge is 0.0738 e. The van der Waals surface area contributed by atoms with E-state index in [1.807, 2.05) is 24.3 Å². The summed E-state index contributed by atoms with van der Waals surface area (Å²) in [7, 11) is 0. The van der Waals surface area contributed by atoms with Crippen LogP contribution in [0.25, 0.3) is 5.70 Å². The predicted octanol–water partition coefficient (Wildman–Crippen LogP) is 6.82. The maximum Gasteiger partial charge on any atom is 0.0738 e. The minimum absolute atomic E-state index is 0.365. The number of aliphatic imine (C=N–C) groups is 2. The van der Waals surface area contributed by atoms with E-state index in [1.54, 1.807) is 12.3 Å². The maximum atomic E-state index is 6.51. The summed E-state index contributed by atoms with van der Waals surface area (Å²) >= 11 is 6.51. The van der Waals surface area contributed by atoms with E-state index in [1.165, 1.54) is 58.0 Å². The summed E-state index contributed by atoms with van der Waals surface area (Å²) in [5.74, 6) is 2.01. The molecule has 35 heavy (non-hydrogen) atoms. The average Bonchev–Trinajstić information content (AvgIpc) is 2.90. The third kappa shape index (κ3) is 5.65. The number of nitrogens with zero attached hydrogens (tertiary/aromatic N) is 3. The molecule has 4 nitrogen and oxygen atoms in total.